The SMILES string of the molecule is C.c1ccc(COCC2CCCC3(CCCC(COCc4ccccc4)O3)O2)cc1. The molecule has 2 aromatic rings. The number of rotatable bonds is 8. The molecule has 4 nitrogen and oxygen atoms in total. The van der Waals surface area contributed by atoms with Crippen LogP contribution in [0.1, 0.15) is 57.1 Å². The first-order valence-electron chi connectivity index (χ1n) is 10.9. The molecule has 2 fully saturated rings. The van der Waals surface area contributed by atoms with Gasteiger partial charge in [0, 0.05) is 12.8 Å². The van der Waals surface area contributed by atoms with Crippen molar-refractivity contribution >= 4 is 0 Å². The Morgan fingerprint density at radius 3 is 1.57 bits per heavy atom. The summed E-state index contributed by atoms with van der Waals surface area (Å²) in [6.07, 6.45) is 6.47. The van der Waals surface area contributed by atoms with Crippen LogP contribution in [0, 0.1) is 0 Å². The first kappa shape index (κ1) is 23.0. The second kappa shape index (κ2) is 11.6. The third-order valence-electron chi connectivity index (χ3n) is 5.76. The Morgan fingerprint density at radius 1 is 0.700 bits per heavy atom. The summed E-state index contributed by atoms with van der Waals surface area (Å²) in [5, 5.41) is 0. The van der Waals surface area contributed by atoms with Crippen LogP contribution in [0.25, 0.3) is 0 Å². The zero-order chi connectivity index (χ0) is 19.8. The van der Waals surface area contributed by atoms with Crippen LogP contribution in [-0.4, -0.2) is 31.2 Å². The molecule has 164 valence electrons. The summed E-state index contributed by atoms with van der Waals surface area (Å²) in [5.74, 6) is -0.446. The zero-order valence-corrected chi connectivity index (χ0v) is 17.1. The van der Waals surface area contributed by atoms with E-state index in [2.05, 4.69) is 24.3 Å². The summed E-state index contributed by atoms with van der Waals surface area (Å²) in [4.78, 5) is 0. The summed E-state index contributed by atoms with van der Waals surface area (Å²) < 4.78 is 24.7. The molecule has 0 amide bonds. The van der Waals surface area contributed by atoms with Gasteiger partial charge in [0.2, 0.25) is 0 Å². The minimum atomic E-state index is -0.446. The molecule has 0 saturated carbocycles. The lowest BCUT2D eigenvalue weighted by atomic mass is 9.93. The Labute approximate surface area is 181 Å². The largest absolute Gasteiger partial charge is 0.374 e. The van der Waals surface area contributed by atoms with Gasteiger partial charge in [-0.05, 0) is 36.8 Å². The minimum absolute atomic E-state index is 0. The molecular weight excluding hydrogens is 376 g/mol. The number of benzene rings is 2. The molecule has 4 rings (SSSR count). The molecule has 0 radical (unpaired) electrons. The van der Waals surface area contributed by atoms with E-state index >= 15 is 0 Å². The molecule has 4 heteroatoms. The van der Waals surface area contributed by atoms with Crippen molar-refractivity contribution in [2.45, 2.75) is 77.2 Å². The highest BCUT2D eigenvalue weighted by molar-refractivity contribution is 5.14. The number of ether oxygens (including phenoxy) is 4. The van der Waals surface area contributed by atoms with Crippen LogP contribution in [0.3, 0.4) is 0 Å². The van der Waals surface area contributed by atoms with Crippen molar-refractivity contribution in [3.8, 4) is 0 Å². The Bertz CT molecular complexity index is 655. The molecule has 0 aliphatic carbocycles. The molecule has 1 spiro atoms. The first-order chi connectivity index (χ1) is 14.3. The standard InChI is InChI=1S/C25H32O4.CH4/c1-3-9-21(10-4-1)17-26-19-23-13-7-15-25(28-23)16-8-14-24(29-25)20-27-18-22-11-5-2-6-12-22;/h1-6,9-12,23-24H,7-8,13-20H2;1H4. The predicted octanol–water partition coefficient (Wildman–Crippen LogP) is 5.89. The smallest absolute Gasteiger partial charge is 0.169 e. The van der Waals surface area contributed by atoms with E-state index in [4.69, 9.17) is 18.9 Å². The lowest BCUT2D eigenvalue weighted by Gasteiger charge is -2.45. The maximum atomic E-state index is 6.44. The van der Waals surface area contributed by atoms with Gasteiger partial charge < -0.3 is 18.9 Å². The summed E-state index contributed by atoms with van der Waals surface area (Å²) in [6, 6.07) is 20.6. The molecule has 0 N–H and O–H groups in total. The molecule has 2 atom stereocenters. The number of hydrogen-bond donors (Lipinski definition) is 0. The second-order valence-corrected chi connectivity index (χ2v) is 8.18. The van der Waals surface area contributed by atoms with Gasteiger partial charge in [-0.2, -0.15) is 0 Å². The van der Waals surface area contributed by atoms with Crippen LogP contribution in [-0.2, 0) is 32.2 Å². The van der Waals surface area contributed by atoms with Gasteiger partial charge in [-0.15, -0.1) is 0 Å². The average molecular weight is 413 g/mol. The predicted molar refractivity (Wildman–Crippen MR) is 119 cm³/mol. The van der Waals surface area contributed by atoms with Crippen LogP contribution in [0.2, 0.25) is 0 Å². The third-order valence-corrected chi connectivity index (χ3v) is 5.76. The van der Waals surface area contributed by atoms with Crippen LogP contribution in [0.4, 0.5) is 0 Å². The van der Waals surface area contributed by atoms with E-state index in [0.29, 0.717) is 26.4 Å². The molecule has 0 bridgehead atoms. The van der Waals surface area contributed by atoms with E-state index in [-0.39, 0.29) is 19.6 Å². The van der Waals surface area contributed by atoms with Gasteiger partial charge in [0.05, 0.1) is 38.6 Å². The van der Waals surface area contributed by atoms with Crippen LogP contribution in [0.15, 0.2) is 60.7 Å². The fraction of sp³-hybridized carbons (Fsp3) is 0.538. The van der Waals surface area contributed by atoms with Gasteiger partial charge in [0.25, 0.3) is 0 Å². The summed E-state index contributed by atoms with van der Waals surface area (Å²) in [7, 11) is 0. The molecule has 2 unspecified atom stereocenters. The molecule has 2 heterocycles. The Kier molecular flexibility index (Phi) is 8.88. The Balaban J connectivity index is 0.00000256. The highest BCUT2D eigenvalue weighted by atomic mass is 16.7. The first-order valence-corrected chi connectivity index (χ1v) is 10.9. The maximum absolute atomic E-state index is 6.44. The molecule has 2 saturated heterocycles. The number of hydrogen-bond acceptors (Lipinski definition) is 4. The molecular formula is C26H36O4. The summed E-state index contributed by atoms with van der Waals surface area (Å²) in [5.41, 5.74) is 2.39. The van der Waals surface area contributed by atoms with Gasteiger partial charge in [0.15, 0.2) is 5.79 Å². The van der Waals surface area contributed by atoms with Crippen LogP contribution < -0.4 is 0 Å². The van der Waals surface area contributed by atoms with Gasteiger partial charge in [-0.1, -0.05) is 68.1 Å². The normalized spacial score (nSPS) is 26.3. The zero-order valence-electron chi connectivity index (χ0n) is 17.1. The summed E-state index contributed by atoms with van der Waals surface area (Å²) in [6.45, 7) is 2.50. The van der Waals surface area contributed by atoms with Gasteiger partial charge in [-0.3, -0.25) is 0 Å². The Hall–Kier alpha value is -1.72. The molecule has 2 aliphatic rings. The van der Waals surface area contributed by atoms with Crippen molar-refractivity contribution in [3.63, 3.8) is 0 Å². The second-order valence-electron chi connectivity index (χ2n) is 8.18. The highest BCUT2D eigenvalue weighted by Crippen LogP contribution is 2.39. The highest BCUT2D eigenvalue weighted by Gasteiger charge is 2.42. The van der Waals surface area contributed by atoms with E-state index in [1.54, 1.807) is 0 Å². The van der Waals surface area contributed by atoms with E-state index < -0.39 is 5.79 Å². The third kappa shape index (κ3) is 6.64. The van der Waals surface area contributed by atoms with Crippen molar-refractivity contribution in [1.29, 1.82) is 0 Å². The molecule has 0 aromatic heterocycles. The molecule has 2 aromatic carbocycles. The maximum Gasteiger partial charge on any atom is 0.169 e. The average Bonchev–Trinajstić information content (AvgIpc) is 2.76. The lowest BCUT2D eigenvalue weighted by molar-refractivity contribution is -0.323. The van der Waals surface area contributed by atoms with Gasteiger partial charge >= 0.3 is 0 Å². The van der Waals surface area contributed by atoms with Gasteiger partial charge in [0.1, 0.15) is 0 Å². The van der Waals surface area contributed by atoms with Crippen molar-refractivity contribution in [2.24, 2.45) is 0 Å². The van der Waals surface area contributed by atoms with Crippen molar-refractivity contribution < 1.29 is 18.9 Å². The minimum Gasteiger partial charge on any atom is -0.374 e. The van der Waals surface area contributed by atoms with E-state index in [0.717, 1.165) is 38.5 Å². The topological polar surface area (TPSA) is 36.9 Å². The van der Waals surface area contributed by atoms with E-state index in [9.17, 15) is 0 Å². The molecule has 2 aliphatic heterocycles. The van der Waals surface area contributed by atoms with E-state index in [1.165, 1.54) is 11.1 Å². The quantitative estimate of drug-likeness (QED) is 0.542. The van der Waals surface area contributed by atoms with Crippen LogP contribution >= 0.6 is 0 Å². The van der Waals surface area contributed by atoms with Crippen molar-refractivity contribution in [1.82, 2.24) is 0 Å². The van der Waals surface area contributed by atoms with Gasteiger partial charge in [-0.25, -0.2) is 0 Å². The lowest BCUT2D eigenvalue weighted by Crippen LogP contribution is -2.49. The van der Waals surface area contributed by atoms with Crippen LogP contribution in [0.5, 0.6) is 0 Å². The molecule has 30 heavy (non-hydrogen) atoms. The van der Waals surface area contributed by atoms with Crippen molar-refractivity contribution in [3.05, 3.63) is 71.8 Å². The Morgan fingerprint density at radius 2 is 1.13 bits per heavy atom. The fourth-order valence-electron chi connectivity index (χ4n) is 4.31. The monoisotopic (exact) mass is 412 g/mol. The summed E-state index contributed by atoms with van der Waals surface area (Å²) >= 11 is 0. The fourth-order valence-corrected chi connectivity index (χ4v) is 4.31. The van der Waals surface area contributed by atoms with E-state index in [1.807, 2.05) is 36.4 Å². The van der Waals surface area contributed by atoms with Crippen molar-refractivity contribution in [2.75, 3.05) is 13.2 Å².